The molecule has 1 aromatic rings. The Morgan fingerprint density at radius 2 is 1.76 bits per heavy atom. The van der Waals surface area contributed by atoms with Gasteiger partial charge in [0, 0.05) is 6.61 Å². The fraction of sp³-hybridized carbons (Fsp3) is 0.571. The number of rotatable bonds is 8. The minimum absolute atomic E-state index is 0.260. The van der Waals surface area contributed by atoms with E-state index < -0.39 is 0 Å². The molecule has 0 aliphatic carbocycles. The van der Waals surface area contributed by atoms with Crippen molar-refractivity contribution in [3.05, 3.63) is 29.8 Å². The summed E-state index contributed by atoms with van der Waals surface area (Å²) in [5.41, 5.74) is 1.24. The Morgan fingerprint density at radius 3 is 2.29 bits per heavy atom. The molecule has 0 radical (unpaired) electrons. The van der Waals surface area contributed by atoms with Crippen molar-refractivity contribution in [2.75, 3.05) is 26.4 Å². The van der Waals surface area contributed by atoms with Crippen LogP contribution in [0.25, 0.3) is 0 Å². The van der Waals surface area contributed by atoms with Crippen LogP contribution in [-0.2, 0) is 4.74 Å². The van der Waals surface area contributed by atoms with E-state index in [4.69, 9.17) is 9.47 Å². The van der Waals surface area contributed by atoms with Gasteiger partial charge in [-0.1, -0.05) is 19.1 Å². The second kappa shape index (κ2) is 8.09. The van der Waals surface area contributed by atoms with Crippen LogP contribution < -0.4 is 10.1 Å². The van der Waals surface area contributed by atoms with E-state index in [0.29, 0.717) is 13.2 Å². The molecule has 1 atom stereocenters. The van der Waals surface area contributed by atoms with E-state index in [1.807, 2.05) is 26.0 Å². The van der Waals surface area contributed by atoms with Crippen LogP contribution in [0.3, 0.4) is 0 Å². The van der Waals surface area contributed by atoms with Crippen LogP contribution in [0, 0.1) is 0 Å². The summed E-state index contributed by atoms with van der Waals surface area (Å²) in [6.45, 7) is 9.20. The summed E-state index contributed by atoms with van der Waals surface area (Å²) in [7, 11) is 0. The molecule has 1 rings (SSSR count). The smallest absolute Gasteiger partial charge is 0.119 e. The molecular weight excluding hydrogens is 214 g/mol. The molecule has 1 aromatic carbocycles. The topological polar surface area (TPSA) is 30.5 Å². The molecule has 0 aromatic heterocycles. The third kappa shape index (κ3) is 4.75. The lowest BCUT2D eigenvalue weighted by molar-refractivity contribution is 0.123. The van der Waals surface area contributed by atoms with Crippen LogP contribution in [0.2, 0.25) is 0 Å². The van der Waals surface area contributed by atoms with Crippen LogP contribution in [0.1, 0.15) is 32.4 Å². The highest BCUT2D eigenvalue weighted by molar-refractivity contribution is 5.29. The van der Waals surface area contributed by atoms with E-state index in [9.17, 15) is 0 Å². The first kappa shape index (κ1) is 14.0. The fourth-order valence-corrected chi connectivity index (χ4v) is 1.72. The largest absolute Gasteiger partial charge is 0.494 e. The first-order valence-corrected chi connectivity index (χ1v) is 6.35. The number of hydrogen-bond acceptors (Lipinski definition) is 3. The number of likely N-dealkylation sites (N-methyl/N-ethyl adjacent to an activating group) is 1. The van der Waals surface area contributed by atoms with Crippen molar-refractivity contribution in [1.82, 2.24) is 5.32 Å². The number of hydrogen-bond donors (Lipinski definition) is 1. The lowest BCUT2D eigenvalue weighted by Crippen LogP contribution is -2.25. The SMILES string of the molecule is CCNC(COCC)c1ccc(OCC)cc1. The molecule has 0 heterocycles. The molecule has 0 amide bonds. The highest BCUT2D eigenvalue weighted by Crippen LogP contribution is 2.18. The van der Waals surface area contributed by atoms with Gasteiger partial charge in [-0.3, -0.25) is 0 Å². The minimum Gasteiger partial charge on any atom is -0.494 e. The molecule has 0 bridgehead atoms. The summed E-state index contributed by atoms with van der Waals surface area (Å²) in [6.07, 6.45) is 0. The average molecular weight is 237 g/mol. The van der Waals surface area contributed by atoms with Crippen LogP contribution in [-0.4, -0.2) is 26.4 Å². The second-order valence-corrected chi connectivity index (χ2v) is 3.77. The van der Waals surface area contributed by atoms with Gasteiger partial charge in [-0.2, -0.15) is 0 Å². The van der Waals surface area contributed by atoms with Crippen molar-refractivity contribution in [3.63, 3.8) is 0 Å². The zero-order chi connectivity index (χ0) is 12.5. The fourth-order valence-electron chi connectivity index (χ4n) is 1.72. The molecule has 0 aliphatic rings. The summed E-state index contributed by atoms with van der Waals surface area (Å²) < 4.78 is 10.9. The van der Waals surface area contributed by atoms with Crippen LogP contribution in [0.5, 0.6) is 5.75 Å². The zero-order valence-electron chi connectivity index (χ0n) is 11.0. The molecule has 0 fully saturated rings. The number of ether oxygens (including phenoxy) is 2. The molecule has 3 nitrogen and oxygen atoms in total. The van der Waals surface area contributed by atoms with E-state index in [2.05, 4.69) is 24.4 Å². The van der Waals surface area contributed by atoms with Crippen molar-refractivity contribution in [2.24, 2.45) is 0 Å². The number of benzene rings is 1. The molecule has 96 valence electrons. The summed E-state index contributed by atoms with van der Waals surface area (Å²) in [5, 5.41) is 3.42. The van der Waals surface area contributed by atoms with E-state index in [-0.39, 0.29) is 6.04 Å². The molecular formula is C14H23NO2. The van der Waals surface area contributed by atoms with E-state index in [0.717, 1.165) is 18.9 Å². The summed E-state index contributed by atoms with van der Waals surface area (Å²) >= 11 is 0. The van der Waals surface area contributed by atoms with E-state index in [1.165, 1.54) is 5.56 Å². The van der Waals surface area contributed by atoms with Crippen molar-refractivity contribution >= 4 is 0 Å². The Hall–Kier alpha value is -1.06. The lowest BCUT2D eigenvalue weighted by atomic mass is 10.1. The Labute approximate surface area is 104 Å². The normalized spacial score (nSPS) is 12.4. The van der Waals surface area contributed by atoms with Gasteiger partial charge >= 0.3 is 0 Å². The van der Waals surface area contributed by atoms with Gasteiger partial charge in [-0.15, -0.1) is 0 Å². The van der Waals surface area contributed by atoms with Crippen molar-refractivity contribution in [1.29, 1.82) is 0 Å². The van der Waals surface area contributed by atoms with Gasteiger partial charge in [-0.05, 0) is 38.1 Å². The Morgan fingerprint density at radius 1 is 1.06 bits per heavy atom. The average Bonchev–Trinajstić information content (AvgIpc) is 2.36. The molecule has 3 heteroatoms. The number of nitrogens with one attached hydrogen (secondary N) is 1. The van der Waals surface area contributed by atoms with Crippen molar-refractivity contribution in [2.45, 2.75) is 26.8 Å². The lowest BCUT2D eigenvalue weighted by Gasteiger charge is -2.18. The van der Waals surface area contributed by atoms with Gasteiger partial charge in [0.1, 0.15) is 5.75 Å². The predicted molar refractivity (Wildman–Crippen MR) is 70.5 cm³/mol. The van der Waals surface area contributed by atoms with Gasteiger partial charge in [0.15, 0.2) is 0 Å². The summed E-state index contributed by atoms with van der Waals surface area (Å²) in [4.78, 5) is 0. The van der Waals surface area contributed by atoms with Crippen LogP contribution >= 0.6 is 0 Å². The molecule has 0 spiro atoms. The van der Waals surface area contributed by atoms with Gasteiger partial charge in [0.05, 0.1) is 19.3 Å². The minimum atomic E-state index is 0.260. The van der Waals surface area contributed by atoms with Gasteiger partial charge in [-0.25, -0.2) is 0 Å². The molecule has 0 saturated carbocycles. The quantitative estimate of drug-likeness (QED) is 0.754. The van der Waals surface area contributed by atoms with Crippen molar-refractivity contribution < 1.29 is 9.47 Å². The maximum absolute atomic E-state index is 5.49. The maximum atomic E-state index is 5.49. The first-order chi connectivity index (χ1) is 8.31. The Kier molecular flexibility index (Phi) is 6.67. The predicted octanol–water partition coefficient (Wildman–Crippen LogP) is 2.77. The highest BCUT2D eigenvalue weighted by atomic mass is 16.5. The first-order valence-electron chi connectivity index (χ1n) is 6.35. The molecule has 17 heavy (non-hydrogen) atoms. The third-order valence-corrected chi connectivity index (χ3v) is 2.53. The highest BCUT2D eigenvalue weighted by Gasteiger charge is 2.09. The summed E-state index contributed by atoms with van der Waals surface area (Å²) in [6, 6.07) is 8.47. The molecule has 0 saturated heterocycles. The maximum Gasteiger partial charge on any atom is 0.119 e. The molecule has 0 aliphatic heterocycles. The molecule has 1 N–H and O–H groups in total. The van der Waals surface area contributed by atoms with Crippen LogP contribution in [0.15, 0.2) is 24.3 Å². The Bertz CT molecular complexity index is 298. The standard InChI is InChI=1S/C14H23NO2/c1-4-15-14(11-16-5-2)12-7-9-13(10-8-12)17-6-3/h7-10,14-15H,4-6,11H2,1-3H3. The Balaban J connectivity index is 2.65. The van der Waals surface area contributed by atoms with Gasteiger partial charge in [0.25, 0.3) is 0 Å². The zero-order valence-corrected chi connectivity index (χ0v) is 11.0. The van der Waals surface area contributed by atoms with Crippen molar-refractivity contribution in [3.8, 4) is 5.75 Å². The van der Waals surface area contributed by atoms with Gasteiger partial charge in [0.2, 0.25) is 0 Å². The van der Waals surface area contributed by atoms with Crippen LogP contribution in [0.4, 0.5) is 0 Å². The summed E-state index contributed by atoms with van der Waals surface area (Å²) in [5.74, 6) is 0.919. The third-order valence-electron chi connectivity index (χ3n) is 2.53. The van der Waals surface area contributed by atoms with Gasteiger partial charge < -0.3 is 14.8 Å². The second-order valence-electron chi connectivity index (χ2n) is 3.77. The van der Waals surface area contributed by atoms with E-state index >= 15 is 0 Å². The monoisotopic (exact) mass is 237 g/mol. The molecule has 1 unspecified atom stereocenters. The van der Waals surface area contributed by atoms with E-state index in [1.54, 1.807) is 0 Å².